The molecule has 0 atom stereocenters. The van der Waals surface area contributed by atoms with Gasteiger partial charge in [-0.1, -0.05) is 6.92 Å². The molecule has 56 valence electrons. The quantitative estimate of drug-likeness (QED) is 0.584. The largest absolute Gasteiger partial charge is 0.299 e. The summed E-state index contributed by atoms with van der Waals surface area (Å²) in [6, 6.07) is 0. The zero-order valence-electron chi connectivity index (χ0n) is 6.52. The van der Waals surface area contributed by atoms with Crippen molar-refractivity contribution in [1.82, 2.24) is 0 Å². The van der Waals surface area contributed by atoms with Crippen LogP contribution in [0.25, 0.3) is 0 Å². The second-order valence-electron chi connectivity index (χ2n) is 4.13. The molecule has 0 aromatic carbocycles. The highest BCUT2D eigenvalue weighted by Gasteiger charge is 2.45. The van der Waals surface area contributed by atoms with Crippen molar-refractivity contribution in [1.29, 1.82) is 0 Å². The topological polar surface area (TPSA) is 17.1 Å². The maximum absolute atomic E-state index is 11.4. The third kappa shape index (κ3) is 1.09. The Bertz CT molecular complexity index is 164. The van der Waals surface area contributed by atoms with Gasteiger partial charge in [-0.3, -0.25) is 4.79 Å². The molecule has 1 nitrogen and oxygen atoms in total. The monoisotopic (exact) mass is 138 g/mol. The molecule has 2 aliphatic carbocycles. The standard InChI is InChI=1S/C9H14O/c1-9(4-5-9)8(10)6-7-2-3-7/h7H,2-6H2,1H3. The molecule has 0 aromatic rings. The third-order valence-electron chi connectivity index (χ3n) is 2.84. The molecule has 2 fully saturated rings. The number of carbonyl (C=O) groups is 1. The highest BCUT2D eigenvalue weighted by atomic mass is 16.1. The third-order valence-corrected chi connectivity index (χ3v) is 2.84. The van der Waals surface area contributed by atoms with Crippen molar-refractivity contribution in [2.75, 3.05) is 0 Å². The smallest absolute Gasteiger partial charge is 0.139 e. The zero-order chi connectivity index (χ0) is 7.19. The molecule has 0 aromatic heterocycles. The van der Waals surface area contributed by atoms with E-state index in [1.54, 1.807) is 0 Å². The van der Waals surface area contributed by atoms with Crippen LogP contribution in [0.2, 0.25) is 0 Å². The van der Waals surface area contributed by atoms with Crippen molar-refractivity contribution in [3.8, 4) is 0 Å². The molecule has 1 heteroatoms. The van der Waals surface area contributed by atoms with Crippen molar-refractivity contribution in [3.63, 3.8) is 0 Å². The van der Waals surface area contributed by atoms with E-state index in [1.807, 2.05) is 0 Å². The fraction of sp³-hybridized carbons (Fsp3) is 0.889. The summed E-state index contributed by atoms with van der Waals surface area (Å²) in [6.45, 7) is 2.11. The van der Waals surface area contributed by atoms with Crippen molar-refractivity contribution < 1.29 is 4.79 Å². The number of rotatable bonds is 3. The van der Waals surface area contributed by atoms with E-state index >= 15 is 0 Å². The Morgan fingerprint density at radius 2 is 2.10 bits per heavy atom. The van der Waals surface area contributed by atoms with Gasteiger partial charge < -0.3 is 0 Å². The summed E-state index contributed by atoms with van der Waals surface area (Å²) in [5.41, 5.74) is 0.141. The van der Waals surface area contributed by atoms with Gasteiger partial charge in [0.1, 0.15) is 5.78 Å². The first-order valence-corrected chi connectivity index (χ1v) is 4.24. The average Bonchev–Trinajstić information content (AvgIpc) is 2.67. The SMILES string of the molecule is CC1(C(=O)CC2CC2)CC1. The van der Waals surface area contributed by atoms with Gasteiger partial charge >= 0.3 is 0 Å². The van der Waals surface area contributed by atoms with E-state index < -0.39 is 0 Å². The number of hydrogen-bond donors (Lipinski definition) is 0. The summed E-state index contributed by atoms with van der Waals surface area (Å²) in [4.78, 5) is 11.4. The minimum Gasteiger partial charge on any atom is -0.299 e. The molecule has 0 aliphatic heterocycles. The number of hydrogen-bond acceptors (Lipinski definition) is 1. The van der Waals surface area contributed by atoms with Crippen molar-refractivity contribution in [3.05, 3.63) is 0 Å². The molecule has 2 saturated carbocycles. The lowest BCUT2D eigenvalue weighted by molar-refractivity contribution is -0.123. The Morgan fingerprint density at radius 1 is 1.50 bits per heavy atom. The van der Waals surface area contributed by atoms with Crippen molar-refractivity contribution in [2.24, 2.45) is 11.3 Å². The first-order valence-electron chi connectivity index (χ1n) is 4.24. The molecular weight excluding hydrogens is 124 g/mol. The van der Waals surface area contributed by atoms with Gasteiger partial charge in [-0.05, 0) is 31.6 Å². The van der Waals surface area contributed by atoms with Crippen LogP contribution in [-0.4, -0.2) is 5.78 Å². The van der Waals surface area contributed by atoms with Crippen LogP contribution in [0.4, 0.5) is 0 Å². The minimum absolute atomic E-state index is 0.141. The molecule has 0 heterocycles. The number of ketones is 1. The fourth-order valence-electron chi connectivity index (χ4n) is 1.30. The maximum atomic E-state index is 11.4. The molecule has 0 N–H and O–H groups in total. The lowest BCUT2D eigenvalue weighted by Crippen LogP contribution is -2.11. The van der Waals surface area contributed by atoms with Crippen LogP contribution in [0.1, 0.15) is 39.0 Å². The first-order chi connectivity index (χ1) is 4.71. The van der Waals surface area contributed by atoms with Crippen LogP contribution >= 0.6 is 0 Å². The van der Waals surface area contributed by atoms with Crippen LogP contribution in [-0.2, 0) is 4.79 Å². The lowest BCUT2D eigenvalue weighted by Gasteiger charge is -2.04. The Hall–Kier alpha value is -0.330. The normalized spacial score (nSPS) is 28.1. The summed E-state index contributed by atoms with van der Waals surface area (Å²) in [5, 5.41) is 0. The van der Waals surface area contributed by atoms with Crippen LogP contribution in [0.3, 0.4) is 0 Å². The van der Waals surface area contributed by atoms with Gasteiger partial charge in [0, 0.05) is 11.8 Å². The van der Waals surface area contributed by atoms with Crippen LogP contribution in [0.15, 0.2) is 0 Å². The van der Waals surface area contributed by atoms with Gasteiger partial charge in [-0.25, -0.2) is 0 Å². The molecule has 10 heavy (non-hydrogen) atoms. The second kappa shape index (κ2) is 1.84. The van der Waals surface area contributed by atoms with Crippen molar-refractivity contribution in [2.45, 2.75) is 39.0 Å². The summed E-state index contributed by atoms with van der Waals surface area (Å²) in [5.74, 6) is 1.32. The van der Waals surface area contributed by atoms with Gasteiger partial charge in [0.15, 0.2) is 0 Å². The molecule has 0 unspecified atom stereocenters. The Labute approximate surface area is 61.8 Å². The van der Waals surface area contributed by atoms with E-state index in [4.69, 9.17) is 0 Å². The Balaban J connectivity index is 1.85. The Morgan fingerprint density at radius 3 is 2.50 bits per heavy atom. The Kier molecular flexibility index (Phi) is 1.17. The fourth-order valence-corrected chi connectivity index (χ4v) is 1.30. The van der Waals surface area contributed by atoms with E-state index in [0.29, 0.717) is 5.78 Å². The highest BCUT2D eigenvalue weighted by Crippen LogP contribution is 2.48. The summed E-state index contributed by atoms with van der Waals surface area (Å²) in [7, 11) is 0. The summed E-state index contributed by atoms with van der Waals surface area (Å²) >= 11 is 0. The van der Waals surface area contributed by atoms with Gasteiger partial charge in [-0.15, -0.1) is 0 Å². The zero-order valence-corrected chi connectivity index (χ0v) is 6.52. The van der Waals surface area contributed by atoms with Crippen molar-refractivity contribution >= 4 is 5.78 Å². The van der Waals surface area contributed by atoms with Crippen LogP contribution in [0.5, 0.6) is 0 Å². The van der Waals surface area contributed by atoms with E-state index in [9.17, 15) is 4.79 Å². The minimum atomic E-state index is 0.141. The predicted octanol–water partition coefficient (Wildman–Crippen LogP) is 2.16. The molecule has 2 aliphatic rings. The van der Waals surface area contributed by atoms with Crippen LogP contribution < -0.4 is 0 Å². The van der Waals surface area contributed by atoms with E-state index in [-0.39, 0.29) is 5.41 Å². The highest BCUT2D eigenvalue weighted by molar-refractivity contribution is 5.87. The predicted molar refractivity (Wildman–Crippen MR) is 39.7 cm³/mol. The summed E-state index contributed by atoms with van der Waals surface area (Å²) in [6.07, 6.45) is 5.80. The van der Waals surface area contributed by atoms with Gasteiger partial charge in [-0.2, -0.15) is 0 Å². The maximum Gasteiger partial charge on any atom is 0.139 e. The number of Topliss-reactive ketones (excluding diaryl/α,β-unsaturated/α-hetero) is 1. The average molecular weight is 138 g/mol. The summed E-state index contributed by atoms with van der Waals surface area (Å²) < 4.78 is 0. The molecular formula is C9H14O. The first kappa shape index (κ1) is 6.38. The van der Waals surface area contributed by atoms with E-state index in [1.165, 1.54) is 12.8 Å². The van der Waals surface area contributed by atoms with Crippen LogP contribution in [0, 0.1) is 11.3 Å². The molecule has 0 spiro atoms. The van der Waals surface area contributed by atoms with Gasteiger partial charge in [0.05, 0.1) is 0 Å². The van der Waals surface area contributed by atoms with E-state index in [0.717, 1.165) is 25.2 Å². The molecule has 0 saturated heterocycles. The molecule has 0 radical (unpaired) electrons. The second-order valence-corrected chi connectivity index (χ2v) is 4.13. The molecule has 2 rings (SSSR count). The number of carbonyl (C=O) groups excluding carboxylic acids is 1. The van der Waals surface area contributed by atoms with Gasteiger partial charge in [0.2, 0.25) is 0 Å². The van der Waals surface area contributed by atoms with Gasteiger partial charge in [0.25, 0.3) is 0 Å². The molecule has 0 amide bonds. The molecule has 0 bridgehead atoms. The van der Waals surface area contributed by atoms with E-state index in [2.05, 4.69) is 6.92 Å². The lowest BCUT2D eigenvalue weighted by atomic mass is 9.99.